The Morgan fingerprint density at radius 3 is 2.77 bits per heavy atom. The van der Waals surface area contributed by atoms with Crippen molar-refractivity contribution in [3.63, 3.8) is 0 Å². The van der Waals surface area contributed by atoms with Gasteiger partial charge in [0, 0.05) is 19.2 Å². The summed E-state index contributed by atoms with van der Waals surface area (Å²) in [6.07, 6.45) is 0.590. The lowest BCUT2D eigenvalue weighted by Gasteiger charge is -2.30. The summed E-state index contributed by atoms with van der Waals surface area (Å²) in [7, 11) is -3.95. The molecule has 0 N–H and O–H groups in total. The van der Waals surface area contributed by atoms with Crippen LogP contribution >= 0.6 is 0 Å². The summed E-state index contributed by atoms with van der Waals surface area (Å²) in [4.78, 5) is 13.4. The molecule has 1 amide bonds. The van der Waals surface area contributed by atoms with Crippen LogP contribution in [0.25, 0.3) is 0 Å². The molecule has 0 unspecified atom stereocenters. The summed E-state index contributed by atoms with van der Waals surface area (Å²) in [5, 5.41) is 0. The number of hydrogen-bond acceptors (Lipinski definition) is 4. The molecule has 6 nitrogen and oxygen atoms in total. The third-order valence-electron chi connectivity index (χ3n) is 4.67. The van der Waals surface area contributed by atoms with Crippen LogP contribution in [0.1, 0.15) is 12.5 Å². The summed E-state index contributed by atoms with van der Waals surface area (Å²) in [6, 6.07) is 8.92. The van der Waals surface area contributed by atoms with Crippen molar-refractivity contribution in [2.45, 2.75) is 18.2 Å². The average molecular weight is 376 g/mol. The summed E-state index contributed by atoms with van der Waals surface area (Å²) in [5.41, 5.74) is 1.46. The van der Waals surface area contributed by atoms with Gasteiger partial charge >= 0.3 is 0 Å². The number of nitrogens with zero attached hydrogens (tertiary/aromatic N) is 2. The maximum atomic E-state index is 14.3. The number of ether oxygens (including phenoxy) is 1. The van der Waals surface area contributed by atoms with Crippen LogP contribution in [0.5, 0.6) is 5.75 Å². The zero-order chi connectivity index (χ0) is 18.5. The van der Waals surface area contributed by atoms with Gasteiger partial charge in [0.25, 0.3) is 10.0 Å². The van der Waals surface area contributed by atoms with Gasteiger partial charge in [-0.15, -0.1) is 0 Å². The molecule has 26 heavy (non-hydrogen) atoms. The molecule has 0 aliphatic carbocycles. The van der Waals surface area contributed by atoms with Crippen molar-refractivity contribution >= 4 is 27.3 Å². The van der Waals surface area contributed by atoms with Crippen molar-refractivity contribution in [1.82, 2.24) is 0 Å². The van der Waals surface area contributed by atoms with Crippen molar-refractivity contribution in [3.05, 3.63) is 47.8 Å². The van der Waals surface area contributed by atoms with E-state index in [0.717, 1.165) is 15.6 Å². The minimum absolute atomic E-state index is 0.0346. The molecule has 0 saturated carbocycles. The van der Waals surface area contributed by atoms with Crippen molar-refractivity contribution in [2.24, 2.45) is 0 Å². The first kappa shape index (κ1) is 16.8. The highest BCUT2D eigenvalue weighted by atomic mass is 32.2. The Kier molecular flexibility index (Phi) is 3.87. The first-order valence-corrected chi connectivity index (χ1v) is 9.68. The van der Waals surface area contributed by atoms with Gasteiger partial charge in [0.05, 0.1) is 11.4 Å². The van der Waals surface area contributed by atoms with Crippen LogP contribution in [0.3, 0.4) is 0 Å². The number of anilines is 2. The van der Waals surface area contributed by atoms with E-state index in [4.69, 9.17) is 4.74 Å². The molecule has 2 aromatic carbocycles. The fourth-order valence-electron chi connectivity index (χ4n) is 3.44. The molecule has 0 aromatic heterocycles. The number of hydrogen-bond donors (Lipinski definition) is 0. The fourth-order valence-corrected chi connectivity index (χ4v) is 4.96. The van der Waals surface area contributed by atoms with E-state index in [1.807, 2.05) is 0 Å². The number of rotatable bonds is 2. The first-order valence-electron chi connectivity index (χ1n) is 8.24. The van der Waals surface area contributed by atoms with Crippen LogP contribution in [0.2, 0.25) is 0 Å². The largest absolute Gasteiger partial charge is 0.489 e. The van der Waals surface area contributed by atoms with Gasteiger partial charge in [-0.25, -0.2) is 12.8 Å². The Balaban J connectivity index is 1.77. The van der Waals surface area contributed by atoms with Gasteiger partial charge in [0.15, 0.2) is 5.82 Å². The molecule has 0 saturated heterocycles. The van der Waals surface area contributed by atoms with Gasteiger partial charge in [0.2, 0.25) is 5.91 Å². The maximum absolute atomic E-state index is 14.3. The lowest BCUT2D eigenvalue weighted by Crippen LogP contribution is -2.38. The predicted molar refractivity (Wildman–Crippen MR) is 94.6 cm³/mol. The lowest BCUT2D eigenvalue weighted by atomic mass is 10.2. The Morgan fingerprint density at radius 1 is 1.19 bits per heavy atom. The highest BCUT2D eigenvalue weighted by Gasteiger charge is 2.33. The molecule has 4 rings (SSSR count). The van der Waals surface area contributed by atoms with E-state index in [-0.39, 0.29) is 35.4 Å². The minimum atomic E-state index is -3.95. The molecule has 136 valence electrons. The monoisotopic (exact) mass is 376 g/mol. The molecule has 2 aromatic rings. The Bertz CT molecular complexity index is 1010. The SMILES string of the molecule is CC(=O)N1CCc2cc(S(=O)(=O)N3CCOc4cccc(F)c43)ccc21. The van der Waals surface area contributed by atoms with E-state index in [2.05, 4.69) is 0 Å². The molecule has 2 heterocycles. The molecule has 0 spiro atoms. The molecule has 0 fully saturated rings. The van der Waals surface area contributed by atoms with Gasteiger partial charge < -0.3 is 9.64 Å². The smallest absolute Gasteiger partial charge is 0.264 e. The van der Waals surface area contributed by atoms with Crippen molar-refractivity contribution in [3.8, 4) is 5.75 Å². The number of carbonyl (C=O) groups is 1. The van der Waals surface area contributed by atoms with E-state index in [1.165, 1.54) is 25.1 Å². The van der Waals surface area contributed by atoms with Gasteiger partial charge in [-0.05, 0) is 42.3 Å². The number of halogens is 1. The highest BCUT2D eigenvalue weighted by Crippen LogP contribution is 2.38. The average Bonchev–Trinajstić information content (AvgIpc) is 3.05. The number of amides is 1. The summed E-state index contributed by atoms with van der Waals surface area (Å²) < 4.78 is 47.0. The maximum Gasteiger partial charge on any atom is 0.264 e. The van der Waals surface area contributed by atoms with Crippen LogP contribution in [0, 0.1) is 5.82 Å². The van der Waals surface area contributed by atoms with Crippen molar-refractivity contribution < 1.29 is 22.3 Å². The normalized spacial score (nSPS) is 16.1. The molecule has 0 radical (unpaired) electrons. The summed E-state index contributed by atoms with van der Waals surface area (Å²) in [6.45, 7) is 2.20. The number of fused-ring (bicyclic) bond motifs is 2. The van der Waals surface area contributed by atoms with E-state index < -0.39 is 15.8 Å². The molecule has 8 heteroatoms. The zero-order valence-corrected chi connectivity index (χ0v) is 14.9. The van der Waals surface area contributed by atoms with Gasteiger partial charge in [0.1, 0.15) is 18.0 Å². The zero-order valence-electron chi connectivity index (χ0n) is 14.1. The number of benzene rings is 2. The van der Waals surface area contributed by atoms with Crippen LogP contribution in [0.4, 0.5) is 15.8 Å². The van der Waals surface area contributed by atoms with Crippen LogP contribution < -0.4 is 13.9 Å². The standard InChI is InChI=1S/C18H17FN2O4S/c1-12(22)20-8-7-13-11-14(5-6-16(13)20)26(23,24)21-9-10-25-17-4-2-3-15(19)18(17)21/h2-6,11H,7-10H2,1H3. The summed E-state index contributed by atoms with van der Waals surface area (Å²) >= 11 is 0. The second-order valence-corrected chi connectivity index (χ2v) is 8.09. The van der Waals surface area contributed by atoms with Gasteiger partial charge in [-0.2, -0.15) is 0 Å². The minimum Gasteiger partial charge on any atom is -0.489 e. The lowest BCUT2D eigenvalue weighted by molar-refractivity contribution is -0.116. The van der Waals surface area contributed by atoms with E-state index in [1.54, 1.807) is 23.1 Å². The fraction of sp³-hybridized carbons (Fsp3) is 0.278. The molecule has 0 bridgehead atoms. The summed E-state index contributed by atoms with van der Waals surface area (Å²) in [5.74, 6) is -0.512. The van der Waals surface area contributed by atoms with Crippen molar-refractivity contribution in [2.75, 3.05) is 28.9 Å². The molecule has 2 aliphatic heterocycles. The second-order valence-electron chi connectivity index (χ2n) is 6.22. The number of sulfonamides is 1. The molecule has 2 aliphatic rings. The van der Waals surface area contributed by atoms with Crippen LogP contribution in [-0.4, -0.2) is 34.0 Å². The van der Waals surface area contributed by atoms with Gasteiger partial charge in [-0.1, -0.05) is 6.07 Å². The molecule has 0 atom stereocenters. The Labute approximate surface area is 150 Å². The number of para-hydroxylation sites is 1. The third-order valence-corrected chi connectivity index (χ3v) is 6.46. The Hall–Kier alpha value is -2.61. The Morgan fingerprint density at radius 2 is 2.00 bits per heavy atom. The van der Waals surface area contributed by atoms with Crippen LogP contribution in [0.15, 0.2) is 41.3 Å². The van der Waals surface area contributed by atoms with Crippen molar-refractivity contribution in [1.29, 1.82) is 0 Å². The quantitative estimate of drug-likeness (QED) is 0.807. The van der Waals surface area contributed by atoms with Crippen LogP contribution in [-0.2, 0) is 21.2 Å². The molecular weight excluding hydrogens is 359 g/mol. The predicted octanol–water partition coefficient (Wildman–Crippen LogP) is 2.32. The molecular formula is C18H17FN2O4S. The topological polar surface area (TPSA) is 66.9 Å². The highest BCUT2D eigenvalue weighted by molar-refractivity contribution is 7.92. The van der Waals surface area contributed by atoms with E-state index >= 15 is 0 Å². The third kappa shape index (κ3) is 2.52. The first-order chi connectivity index (χ1) is 12.4. The number of carbonyl (C=O) groups excluding carboxylic acids is 1. The second kappa shape index (κ2) is 5.98. The van der Waals surface area contributed by atoms with E-state index in [0.29, 0.717) is 13.0 Å². The van der Waals surface area contributed by atoms with Gasteiger partial charge in [-0.3, -0.25) is 9.10 Å². The van der Waals surface area contributed by atoms with E-state index in [9.17, 15) is 17.6 Å².